The van der Waals surface area contributed by atoms with Crippen LogP contribution < -0.4 is 5.32 Å². The van der Waals surface area contributed by atoms with Gasteiger partial charge in [-0.05, 0) is 38.7 Å². The van der Waals surface area contributed by atoms with Crippen molar-refractivity contribution in [3.05, 3.63) is 23.2 Å². The molecule has 1 N–H and O–H groups in total. The summed E-state index contributed by atoms with van der Waals surface area (Å²) in [5, 5.41) is 3.30. The number of furan rings is 1. The smallest absolute Gasteiger partial charge is 0.121 e. The van der Waals surface area contributed by atoms with Gasteiger partial charge in [0.05, 0.1) is 13.1 Å². The van der Waals surface area contributed by atoms with Gasteiger partial charge in [0.2, 0.25) is 0 Å². The van der Waals surface area contributed by atoms with E-state index in [4.69, 9.17) is 4.42 Å². The van der Waals surface area contributed by atoms with Crippen LogP contribution in [0.3, 0.4) is 0 Å². The molecule has 1 aromatic heterocycles. The highest BCUT2D eigenvalue weighted by Gasteiger charge is 2.14. The highest BCUT2D eigenvalue weighted by Crippen LogP contribution is 2.19. The maximum absolute atomic E-state index is 5.71. The lowest BCUT2D eigenvalue weighted by Crippen LogP contribution is -2.22. The maximum Gasteiger partial charge on any atom is 0.121 e. The van der Waals surface area contributed by atoms with Crippen LogP contribution in [0.25, 0.3) is 0 Å². The van der Waals surface area contributed by atoms with Crippen LogP contribution in [0.4, 0.5) is 0 Å². The minimum Gasteiger partial charge on any atom is -0.463 e. The van der Waals surface area contributed by atoms with Crippen LogP contribution in [0.15, 0.2) is 10.5 Å². The Bertz CT molecular complexity index is 268. The molecule has 0 aliphatic carbocycles. The molecular weight excluding hydrogens is 164 g/mol. The summed E-state index contributed by atoms with van der Waals surface area (Å²) < 4.78 is 5.71. The van der Waals surface area contributed by atoms with E-state index in [0.29, 0.717) is 0 Å². The average Bonchev–Trinajstić information content (AvgIpc) is 2.44. The van der Waals surface area contributed by atoms with Crippen molar-refractivity contribution in [2.75, 3.05) is 20.6 Å². The lowest BCUT2D eigenvalue weighted by Gasteiger charge is -2.09. The van der Waals surface area contributed by atoms with Gasteiger partial charge >= 0.3 is 0 Å². The van der Waals surface area contributed by atoms with Crippen molar-refractivity contribution in [3.8, 4) is 0 Å². The first-order chi connectivity index (χ1) is 6.25. The molecule has 0 radical (unpaired) electrons. The molecule has 3 nitrogen and oxygen atoms in total. The highest BCUT2D eigenvalue weighted by molar-refractivity contribution is 5.24. The molecule has 0 fully saturated rings. The van der Waals surface area contributed by atoms with Crippen LogP contribution in [0.2, 0.25) is 0 Å². The Hall–Kier alpha value is -0.800. The summed E-state index contributed by atoms with van der Waals surface area (Å²) in [6.07, 6.45) is 1.10. The van der Waals surface area contributed by atoms with Gasteiger partial charge < -0.3 is 14.6 Å². The standard InChI is InChI=1S/C10H16N2O/c1-12(2)7-9-5-8-3-4-11-6-10(8)13-9/h5,11H,3-4,6-7H2,1-2H3. The first kappa shape index (κ1) is 8.78. The molecule has 2 heterocycles. The molecule has 1 aliphatic heterocycles. The van der Waals surface area contributed by atoms with Crippen molar-refractivity contribution in [3.63, 3.8) is 0 Å². The van der Waals surface area contributed by atoms with Crippen LogP contribution in [-0.4, -0.2) is 25.5 Å². The summed E-state index contributed by atoms with van der Waals surface area (Å²) in [4.78, 5) is 2.12. The molecule has 0 bridgehead atoms. The van der Waals surface area contributed by atoms with Gasteiger partial charge in [-0.25, -0.2) is 0 Å². The molecule has 0 amide bonds. The fourth-order valence-electron chi connectivity index (χ4n) is 1.70. The summed E-state index contributed by atoms with van der Waals surface area (Å²) in [5.41, 5.74) is 1.38. The number of nitrogens with one attached hydrogen (secondary N) is 1. The second-order valence-corrected chi connectivity index (χ2v) is 3.83. The molecule has 0 spiro atoms. The zero-order valence-electron chi connectivity index (χ0n) is 8.26. The molecule has 3 heteroatoms. The van der Waals surface area contributed by atoms with Crippen molar-refractivity contribution < 1.29 is 4.42 Å². The van der Waals surface area contributed by atoms with E-state index in [0.717, 1.165) is 37.6 Å². The van der Waals surface area contributed by atoms with Gasteiger partial charge in [-0.1, -0.05) is 0 Å². The third-order valence-electron chi connectivity index (χ3n) is 2.28. The highest BCUT2D eigenvalue weighted by atomic mass is 16.3. The number of hydrogen-bond acceptors (Lipinski definition) is 3. The zero-order chi connectivity index (χ0) is 9.26. The molecular formula is C10H16N2O. The molecule has 0 saturated heterocycles. The van der Waals surface area contributed by atoms with Crippen LogP contribution in [-0.2, 0) is 19.5 Å². The van der Waals surface area contributed by atoms with Crippen molar-refractivity contribution in [1.82, 2.24) is 10.2 Å². The largest absolute Gasteiger partial charge is 0.463 e. The quantitative estimate of drug-likeness (QED) is 0.735. The van der Waals surface area contributed by atoms with Gasteiger partial charge in [-0.2, -0.15) is 0 Å². The summed E-state index contributed by atoms with van der Waals surface area (Å²) in [7, 11) is 4.11. The normalized spacial score (nSPS) is 16.2. The van der Waals surface area contributed by atoms with Crippen molar-refractivity contribution in [2.45, 2.75) is 19.5 Å². The van der Waals surface area contributed by atoms with Crippen molar-refractivity contribution >= 4 is 0 Å². The van der Waals surface area contributed by atoms with Gasteiger partial charge in [-0.15, -0.1) is 0 Å². The fourth-order valence-corrected chi connectivity index (χ4v) is 1.70. The predicted octanol–water partition coefficient (Wildman–Crippen LogP) is 0.987. The molecule has 0 aromatic carbocycles. The molecule has 0 saturated carbocycles. The predicted molar refractivity (Wildman–Crippen MR) is 51.5 cm³/mol. The van der Waals surface area contributed by atoms with E-state index in [1.54, 1.807) is 0 Å². The van der Waals surface area contributed by atoms with Crippen LogP contribution in [0, 0.1) is 0 Å². The zero-order valence-corrected chi connectivity index (χ0v) is 8.26. The van der Waals surface area contributed by atoms with E-state index in [1.807, 2.05) is 0 Å². The van der Waals surface area contributed by atoms with Gasteiger partial charge in [0.15, 0.2) is 0 Å². The summed E-state index contributed by atoms with van der Waals surface area (Å²) >= 11 is 0. The Morgan fingerprint density at radius 1 is 1.54 bits per heavy atom. The Balaban J connectivity index is 2.15. The van der Waals surface area contributed by atoms with Crippen molar-refractivity contribution in [1.29, 1.82) is 0 Å². The molecule has 0 atom stereocenters. The van der Waals surface area contributed by atoms with Crippen LogP contribution in [0.1, 0.15) is 17.1 Å². The van der Waals surface area contributed by atoms with E-state index >= 15 is 0 Å². The minimum absolute atomic E-state index is 0.892. The van der Waals surface area contributed by atoms with E-state index in [1.165, 1.54) is 5.56 Å². The number of hydrogen-bond donors (Lipinski definition) is 1. The molecule has 72 valence electrons. The first-order valence-corrected chi connectivity index (χ1v) is 4.71. The lowest BCUT2D eigenvalue weighted by atomic mass is 10.1. The van der Waals surface area contributed by atoms with Crippen molar-refractivity contribution in [2.24, 2.45) is 0 Å². The van der Waals surface area contributed by atoms with Crippen LogP contribution >= 0.6 is 0 Å². The van der Waals surface area contributed by atoms with Gasteiger partial charge in [0.1, 0.15) is 11.5 Å². The Kier molecular flexibility index (Phi) is 2.38. The van der Waals surface area contributed by atoms with E-state index in [-0.39, 0.29) is 0 Å². The molecule has 2 rings (SSSR count). The minimum atomic E-state index is 0.892. The van der Waals surface area contributed by atoms with Gasteiger partial charge in [0.25, 0.3) is 0 Å². The SMILES string of the molecule is CN(C)Cc1cc2c(o1)CNCC2. The van der Waals surface area contributed by atoms with Gasteiger partial charge in [0, 0.05) is 0 Å². The number of fused-ring (bicyclic) bond motifs is 1. The molecule has 13 heavy (non-hydrogen) atoms. The molecule has 0 unspecified atom stereocenters. The topological polar surface area (TPSA) is 28.4 Å². The van der Waals surface area contributed by atoms with E-state index < -0.39 is 0 Å². The number of nitrogens with zero attached hydrogens (tertiary/aromatic N) is 1. The summed E-state index contributed by atoms with van der Waals surface area (Å²) in [6.45, 7) is 2.86. The second-order valence-electron chi connectivity index (χ2n) is 3.83. The first-order valence-electron chi connectivity index (χ1n) is 4.71. The monoisotopic (exact) mass is 180 g/mol. The summed E-state index contributed by atoms with van der Waals surface area (Å²) in [5.74, 6) is 2.21. The van der Waals surface area contributed by atoms with Gasteiger partial charge in [-0.3, -0.25) is 0 Å². The van der Waals surface area contributed by atoms with E-state index in [2.05, 4.69) is 30.4 Å². The number of rotatable bonds is 2. The third kappa shape index (κ3) is 1.92. The lowest BCUT2D eigenvalue weighted by molar-refractivity contribution is 0.337. The Morgan fingerprint density at radius 3 is 3.08 bits per heavy atom. The third-order valence-corrected chi connectivity index (χ3v) is 2.28. The maximum atomic E-state index is 5.71. The summed E-state index contributed by atoms with van der Waals surface area (Å²) in [6, 6.07) is 2.19. The Labute approximate surface area is 78.7 Å². The Morgan fingerprint density at radius 2 is 2.38 bits per heavy atom. The fraction of sp³-hybridized carbons (Fsp3) is 0.600. The average molecular weight is 180 g/mol. The van der Waals surface area contributed by atoms with E-state index in [9.17, 15) is 0 Å². The molecule has 1 aliphatic rings. The second kappa shape index (κ2) is 3.52. The van der Waals surface area contributed by atoms with Crippen LogP contribution in [0.5, 0.6) is 0 Å². The molecule has 1 aromatic rings.